The number of nitrogens with one attached hydrogen (secondary N) is 1. The first-order valence-corrected chi connectivity index (χ1v) is 11.9. The molecule has 9 nitrogen and oxygen atoms in total. The van der Waals surface area contributed by atoms with Crippen molar-refractivity contribution in [1.29, 1.82) is 0 Å². The number of amides is 2. The lowest BCUT2D eigenvalue weighted by Crippen LogP contribution is -2.61. The number of nitrogens with two attached hydrogens (primary N) is 1. The molecule has 2 aromatic heterocycles. The highest BCUT2D eigenvalue weighted by atomic mass is 35.5. The fraction of sp³-hybridized carbons (Fsp3) is 0.111. The Morgan fingerprint density at radius 1 is 1.05 bits per heavy atom. The molecule has 38 heavy (non-hydrogen) atoms. The molecule has 0 fully saturated rings. The molecule has 11 heteroatoms. The maximum absolute atomic E-state index is 13.6. The number of halogens is 2. The molecule has 0 aliphatic carbocycles. The van der Waals surface area contributed by atoms with Crippen LogP contribution in [0.25, 0.3) is 17.1 Å². The highest BCUT2D eigenvalue weighted by molar-refractivity contribution is 6.30. The lowest BCUT2D eigenvalue weighted by atomic mass is 9.97. The third-order valence-electron chi connectivity index (χ3n) is 5.98. The minimum Gasteiger partial charge on any atom is -0.447 e. The summed E-state index contributed by atoms with van der Waals surface area (Å²) < 4.78 is 25.8. The monoisotopic (exact) mass is 533 g/mol. The van der Waals surface area contributed by atoms with E-state index in [1.54, 1.807) is 60.8 Å². The van der Waals surface area contributed by atoms with Crippen LogP contribution in [-0.2, 0) is 20.7 Å². The molecule has 0 saturated heterocycles. The second kappa shape index (κ2) is 10.3. The maximum atomic E-state index is 13.6. The van der Waals surface area contributed by atoms with Crippen LogP contribution in [0.4, 0.5) is 4.39 Å². The molecule has 2 amide bonds. The van der Waals surface area contributed by atoms with Crippen LogP contribution >= 0.6 is 11.6 Å². The number of ether oxygens (including phenoxy) is 2. The number of primary amides is 1. The number of carbonyl (C=O) groups is 2. The van der Waals surface area contributed by atoms with Crippen molar-refractivity contribution in [2.45, 2.75) is 18.2 Å². The van der Waals surface area contributed by atoms with E-state index in [4.69, 9.17) is 26.8 Å². The highest BCUT2D eigenvalue weighted by Crippen LogP contribution is 2.28. The zero-order valence-corrected chi connectivity index (χ0v) is 20.5. The molecular formula is C27H21ClFN5O4. The first-order valence-electron chi connectivity index (χ1n) is 11.5. The van der Waals surface area contributed by atoms with Crippen molar-refractivity contribution in [3.05, 3.63) is 114 Å². The number of hydrogen-bond donors (Lipinski definition) is 2. The number of benzene rings is 2. The Balaban J connectivity index is 1.46. The Bertz CT molecular complexity index is 1500. The average Bonchev–Trinajstić information content (AvgIpc) is 3.61. The predicted molar refractivity (Wildman–Crippen MR) is 136 cm³/mol. The van der Waals surface area contributed by atoms with Crippen LogP contribution in [0, 0.1) is 5.82 Å². The second-order valence-corrected chi connectivity index (χ2v) is 8.86. The standard InChI is InChI=1S/C27H21ClFN5O4/c28-19-7-3-17(4-8-19)16-23(27(26(30)36)37-14-15-38-27)32-25(35)21-2-1-12-31-24(21)34-13-11-22(33-34)18-5-9-20(29)10-6-18/h1-15,23H,16H2,(H2,30,36)(H,32,35). The van der Waals surface area contributed by atoms with Gasteiger partial charge in [0.15, 0.2) is 5.82 Å². The van der Waals surface area contributed by atoms with E-state index in [1.807, 2.05) is 0 Å². The van der Waals surface area contributed by atoms with E-state index in [1.165, 1.54) is 35.5 Å². The third kappa shape index (κ3) is 4.94. The van der Waals surface area contributed by atoms with Crippen molar-refractivity contribution in [2.75, 3.05) is 0 Å². The fourth-order valence-corrected chi connectivity index (χ4v) is 4.21. The molecule has 0 spiro atoms. The molecule has 1 unspecified atom stereocenters. The van der Waals surface area contributed by atoms with E-state index < -0.39 is 23.6 Å². The number of carbonyl (C=O) groups excluding carboxylic acids is 2. The van der Waals surface area contributed by atoms with Gasteiger partial charge in [-0.1, -0.05) is 23.7 Å². The molecular weight excluding hydrogens is 513 g/mol. The van der Waals surface area contributed by atoms with Gasteiger partial charge in [0.25, 0.3) is 5.91 Å². The fourth-order valence-electron chi connectivity index (χ4n) is 4.08. The van der Waals surface area contributed by atoms with Crippen molar-refractivity contribution >= 4 is 23.4 Å². The number of nitrogens with zero attached hydrogens (tertiary/aromatic N) is 3. The van der Waals surface area contributed by atoms with Gasteiger partial charge in [-0.05, 0) is 60.2 Å². The summed E-state index contributed by atoms with van der Waals surface area (Å²) in [7, 11) is 0. The molecule has 0 radical (unpaired) electrons. The van der Waals surface area contributed by atoms with E-state index in [9.17, 15) is 14.0 Å². The van der Waals surface area contributed by atoms with Gasteiger partial charge >= 0.3 is 11.7 Å². The van der Waals surface area contributed by atoms with Crippen LogP contribution < -0.4 is 11.1 Å². The zero-order chi connectivity index (χ0) is 26.7. The van der Waals surface area contributed by atoms with Crippen molar-refractivity contribution in [1.82, 2.24) is 20.1 Å². The Morgan fingerprint density at radius 3 is 2.45 bits per heavy atom. The summed E-state index contributed by atoms with van der Waals surface area (Å²) in [5, 5.41) is 7.87. The quantitative estimate of drug-likeness (QED) is 0.355. The topological polar surface area (TPSA) is 121 Å². The third-order valence-corrected chi connectivity index (χ3v) is 6.23. The smallest absolute Gasteiger partial charge is 0.352 e. The van der Waals surface area contributed by atoms with Gasteiger partial charge in [0.05, 0.1) is 11.3 Å². The molecule has 1 atom stereocenters. The maximum Gasteiger partial charge on any atom is 0.352 e. The summed E-state index contributed by atoms with van der Waals surface area (Å²) in [4.78, 5) is 30.4. The Labute approximate surface area is 221 Å². The van der Waals surface area contributed by atoms with Gasteiger partial charge in [0, 0.05) is 29.4 Å². The molecule has 0 bridgehead atoms. The van der Waals surface area contributed by atoms with Gasteiger partial charge < -0.3 is 20.5 Å². The van der Waals surface area contributed by atoms with Gasteiger partial charge in [-0.3, -0.25) is 9.59 Å². The van der Waals surface area contributed by atoms with Gasteiger partial charge in [-0.2, -0.15) is 5.10 Å². The van der Waals surface area contributed by atoms with Gasteiger partial charge in [-0.15, -0.1) is 0 Å². The van der Waals surface area contributed by atoms with E-state index in [0.717, 1.165) is 5.56 Å². The summed E-state index contributed by atoms with van der Waals surface area (Å²) in [5.41, 5.74) is 7.85. The lowest BCUT2D eigenvalue weighted by Gasteiger charge is -2.33. The SMILES string of the molecule is NC(=O)C1(C(Cc2ccc(Cl)cc2)NC(=O)c2cccnc2-n2ccc(-c3ccc(F)cc3)n2)OC=CO1. The summed E-state index contributed by atoms with van der Waals surface area (Å²) >= 11 is 6.01. The molecule has 4 aromatic rings. The minimum atomic E-state index is -1.96. The number of aromatic nitrogens is 3. The Kier molecular flexibility index (Phi) is 6.80. The Morgan fingerprint density at radius 2 is 1.76 bits per heavy atom. The first kappa shape index (κ1) is 25.0. The van der Waals surface area contributed by atoms with Gasteiger partial charge in [-0.25, -0.2) is 14.1 Å². The zero-order valence-electron chi connectivity index (χ0n) is 19.8. The van der Waals surface area contributed by atoms with E-state index in [0.29, 0.717) is 16.3 Å². The van der Waals surface area contributed by atoms with E-state index in [2.05, 4.69) is 15.4 Å². The number of rotatable bonds is 8. The highest BCUT2D eigenvalue weighted by Gasteiger charge is 2.51. The van der Waals surface area contributed by atoms with Crippen LogP contribution in [-0.4, -0.2) is 38.4 Å². The van der Waals surface area contributed by atoms with Crippen molar-refractivity contribution in [3.63, 3.8) is 0 Å². The van der Waals surface area contributed by atoms with Crippen LogP contribution in [0.1, 0.15) is 15.9 Å². The van der Waals surface area contributed by atoms with Crippen LogP contribution in [0.15, 0.2) is 91.6 Å². The minimum absolute atomic E-state index is 0.139. The molecule has 2 aromatic carbocycles. The number of pyridine rings is 1. The molecule has 1 aliphatic rings. The molecule has 3 N–H and O–H groups in total. The normalized spacial score (nSPS) is 14.4. The molecule has 192 valence electrons. The van der Waals surface area contributed by atoms with E-state index >= 15 is 0 Å². The molecule has 0 saturated carbocycles. The van der Waals surface area contributed by atoms with Crippen LogP contribution in [0.5, 0.6) is 0 Å². The summed E-state index contributed by atoms with van der Waals surface area (Å²) in [6, 6.07) is 16.7. The molecule has 1 aliphatic heterocycles. The second-order valence-electron chi connectivity index (χ2n) is 8.42. The van der Waals surface area contributed by atoms with Crippen molar-refractivity contribution in [2.24, 2.45) is 5.73 Å². The first-order chi connectivity index (χ1) is 18.4. The summed E-state index contributed by atoms with van der Waals surface area (Å²) in [5.74, 6) is -3.55. The summed E-state index contributed by atoms with van der Waals surface area (Å²) in [6.45, 7) is 0. The number of hydrogen-bond acceptors (Lipinski definition) is 6. The molecule has 3 heterocycles. The van der Waals surface area contributed by atoms with Gasteiger partial charge in [0.1, 0.15) is 24.4 Å². The van der Waals surface area contributed by atoms with Crippen LogP contribution in [0.3, 0.4) is 0 Å². The van der Waals surface area contributed by atoms with Gasteiger partial charge in [0.2, 0.25) is 0 Å². The largest absolute Gasteiger partial charge is 0.447 e. The van der Waals surface area contributed by atoms with Crippen molar-refractivity contribution < 1.29 is 23.5 Å². The van der Waals surface area contributed by atoms with Crippen LogP contribution in [0.2, 0.25) is 5.02 Å². The summed E-state index contributed by atoms with van der Waals surface area (Å²) in [6.07, 6.45) is 5.69. The average molecular weight is 534 g/mol. The Hall–Kier alpha value is -4.70. The lowest BCUT2D eigenvalue weighted by molar-refractivity contribution is -0.182. The molecule has 5 rings (SSSR count). The van der Waals surface area contributed by atoms with Crippen molar-refractivity contribution in [3.8, 4) is 17.1 Å². The predicted octanol–water partition coefficient (Wildman–Crippen LogP) is 3.77. The van der Waals surface area contributed by atoms with E-state index in [-0.39, 0.29) is 23.6 Å².